The SMILES string of the molecule is CC(=O)NC(C)(C)C1=C(C)C(C)C(C)=C1C. The summed E-state index contributed by atoms with van der Waals surface area (Å²) in [5, 5.41) is 3.03. The van der Waals surface area contributed by atoms with Gasteiger partial charge in [0.1, 0.15) is 0 Å². The van der Waals surface area contributed by atoms with Gasteiger partial charge in [-0.3, -0.25) is 4.79 Å². The third-order valence-electron chi connectivity index (χ3n) is 3.77. The largest absolute Gasteiger partial charge is 0.347 e. The highest BCUT2D eigenvalue weighted by molar-refractivity contribution is 5.75. The molecule has 0 saturated carbocycles. The van der Waals surface area contributed by atoms with Crippen molar-refractivity contribution >= 4 is 5.91 Å². The van der Waals surface area contributed by atoms with E-state index in [1.165, 1.54) is 22.3 Å². The predicted octanol–water partition coefficient (Wildman–Crippen LogP) is 3.20. The molecule has 1 unspecified atom stereocenters. The Hall–Kier alpha value is -1.05. The standard InChI is InChI=1S/C14H23NO/c1-8-9(2)11(4)13(10(8)3)14(6,7)15-12(5)16/h8H,1-7H3,(H,15,16). The lowest BCUT2D eigenvalue weighted by Gasteiger charge is -2.30. The molecule has 0 radical (unpaired) electrons. The molecule has 0 aromatic rings. The molecule has 90 valence electrons. The Labute approximate surface area is 98.8 Å². The average molecular weight is 221 g/mol. The van der Waals surface area contributed by atoms with Crippen molar-refractivity contribution in [3.8, 4) is 0 Å². The number of rotatable bonds is 2. The Kier molecular flexibility index (Phi) is 3.32. The molecule has 1 N–H and O–H groups in total. The van der Waals surface area contributed by atoms with Crippen LogP contribution in [0.25, 0.3) is 0 Å². The summed E-state index contributed by atoms with van der Waals surface area (Å²) in [6, 6.07) is 0. The van der Waals surface area contributed by atoms with Crippen LogP contribution in [0, 0.1) is 5.92 Å². The number of hydrogen-bond donors (Lipinski definition) is 1. The summed E-state index contributed by atoms with van der Waals surface area (Å²) < 4.78 is 0. The van der Waals surface area contributed by atoms with Gasteiger partial charge in [-0.2, -0.15) is 0 Å². The molecular formula is C14H23NO. The third kappa shape index (κ3) is 2.06. The summed E-state index contributed by atoms with van der Waals surface area (Å²) >= 11 is 0. The van der Waals surface area contributed by atoms with Crippen LogP contribution in [0.3, 0.4) is 0 Å². The van der Waals surface area contributed by atoms with E-state index in [0.717, 1.165) is 0 Å². The quantitative estimate of drug-likeness (QED) is 0.762. The minimum atomic E-state index is -0.272. The van der Waals surface area contributed by atoms with Crippen LogP contribution < -0.4 is 5.32 Å². The van der Waals surface area contributed by atoms with Crippen LogP contribution in [-0.4, -0.2) is 11.4 Å². The molecule has 0 fully saturated rings. The first-order valence-corrected chi connectivity index (χ1v) is 5.86. The molecular weight excluding hydrogens is 198 g/mol. The maximum Gasteiger partial charge on any atom is 0.217 e. The van der Waals surface area contributed by atoms with Crippen LogP contribution in [0.5, 0.6) is 0 Å². The molecule has 0 saturated heterocycles. The average Bonchev–Trinajstić information content (AvgIpc) is 2.29. The lowest BCUT2D eigenvalue weighted by molar-refractivity contribution is -0.120. The lowest BCUT2D eigenvalue weighted by Crippen LogP contribution is -2.44. The van der Waals surface area contributed by atoms with Gasteiger partial charge in [-0.05, 0) is 51.7 Å². The van der Waals surface area contributed by atoms with E-state index in [4.69, 9.17) is 0 Å². The van der Waals surface area contributed by atoms with Gasteiger partial charge in [0, 0.05) is 6.92 Å². The molecule has 1 aliphatic rings. The van der Waals surface area contributed by atoms with E-state index in [9.17, 15) is 4.79 Å². The molecule has 1 atom stereocenters. The Morgan fingerprint density at radius 1 is 1.19 bits per heavy atom. The van der Waals surface area contributed by atoms with Gasteiger partial charge in [0.15, 0.2) is 0 Å². The molecule has 0 aliphatic heterocycles. The van der Waals surface area contributed by atoms with E-state index < -0.39 is 0 Å². The highest BCUT2D eigenvalue weighted by Crippen LogP contribution is 2.41. The van der Waals surface area contributed by atoms with E-state index in [-0.39, 0.29) is 11.4 Å². The van der Waals surface area contributed by atoms with E-state index in [1.807, 2.05) is 0 Å². The van der Waals surface area contributed by atoms with E-state index in [0.29, 0.717) is 5.92 Å². The number of nitrogens with one attached hydrogen (secondary N) is 1. The van der Waals surface area contributed by atoms with Crippen molar-refractivity contribution in [2.75, 3.05) is 0 Å². The number of carbonyl (C=O) groups is 1. The lowest BCUT2D eigenvalue weighted by atomic mass is 9.87. The van der Waals surface area contributed by atoms with Crippen LogP contribution in [0.2, 0.25) is 0 Å². The van der Waals surface area contributed by atoms with Crippen LogP contribution in [0.15, 0.2) is 22.3 Å². The molecule has 0 aromatic heterocycles. The first-order chi connectivity index (χ1) is 7.18. The fourth-order valence-electron chi connectivity index (χ4n) is 2.82. The second-order valence-electron chi connectivity index (χ2n) is 5.39. The Balaban J connectivity index is 3.18. The summed E-state index contributed by atoms with van der Waals surface area (Å²) in [5.74, 6) is 0.526. The Morgan fingerprint density at radius 3 is 2.00 bits per heavy atom. The Morgan fingerprint density at radius 2 is 1.69 bits per heavy atom. The summed E-state index contributed by atoms with van der Waals surface area (Å²) in [6.07, 6.45) is 0. The van der Waals surface area contributed by atoms with Crippen molar-refractivity contribution in [3.63, 3.8) is 0 Å². The van der Waals surface area contributed by atoms with Gasteiger partial charge in [-0.15, -0.1) is 0 Å². The van der Waals surface area contributed by atoms with Crippen LogP contribution in [0.1, 0.15) is 48.5 Å². The fraction of sp³-hybridized carbons (Fsp3) is 0.643. The van der Waals surface area contributed by atoms with Crippen molar-refractivity contribution in [2.45, 2.75) is 54.0 Å². The van der Waals surface area contributed by atoms with Gasteiger partial charge in [0.05, 0.1) is 5.54 Å². The van der Waals surface area contributed by atoms with Crippen molar-refractivity contribution in [1.82, 2.24) is 5.32 Å². The van der Waals surface area contributed by atoms with E-state index >= 15 is 0 Å². The maximum atomic E-state index is 11.2. The zero-order valence-corrected chi connectivity index (χ0v) is 11.5. The molecule has 0 spiro atoms. The van der Waals surface area contributed by atoms with Crippen molar-refractivity contribution in [1.29, 1.82) is 0 Å². The van der Waals surface area contributed by atoms with E-state index in [1.54, 1.807) is 6.92 Å². The van der Waals surface area contributed by atoms with Gasteiger partial charge in [-0.1, -0.05) is 18.1 Å². The first-order valence-electron chi connectivity index (χ1n) is 5.86. The molecule has 0 aromatic carbocycles. The highest BCUT2D eigenvalue weighted by atomic mass is 16.1. The topological polar surface area (TPSA) is 29.1 Å². The van der Waals surface area contributed by atoms with Crippen molar-refractivity contribution < 1.29 is 4.79 Å². The molecule has 0 bridgehead atoms. The zero-order valence-electron chi connectivity index (χ0n) is 11.5. The summed E-state index contributed by atoms with van der Waals surface area (Å²) in [6.45, 7) is 14.4. The van der Waals surface area contributed by atoms with Crippen LogP contribution >= 0.6 is 0 Å². The number of amides is 1. The molecule has 2 heteroatoms. The third-order valence-corrected chi connectivity index (χ3v) is 3.77. The zero-order chi connectivity index (χ0) is 12.7. The van der Waals surface area contributed by atoms with Gasteiger partial charge in [0.25, 0.3) is 0 Å². The van der Waals surface area contributed by atoms with E-state index in [2.05, 4.69) is 46.9 Å². The molecule has 1 rings (SSSR count). The minimum Gasteiger partial charge on any atom is -0.347 e. The normalized spacial score (nSPS) is 21.8. The summed E-state index contributed by atoms with van der Waals surface area (Å²) in [7, 11) is 0. The fourth-order valence-corrected chi connectivity index (χ4v) is 2.82. The second kappa shape index (κ2) is 4.08. The van der Waals surface area contributed by atoms with Crippen molar-refractivity contribution in [2.24, 2.45) is 5.92 Å². The molecule has 2 nitrogen and oxygen atoms in total. The number of hydrogen-bond acceptors (Lipinski definition) is 1. The maximum absolute atomic E-state index is 11.2. The molecule has 0 heterocycles. The van der Waals surface area contributed by atoms with Crippen molar-refractivity contribution in [3.05, 3.63) is 22.3 Å². The van der Waals surface area contributed by atoms with Gasteiger partial charge in [0.2, 0.25) is 5.91 Å². The molecule has 1 amide bonds. The van der Waals surface area contributed by atoms with Gasteiger partial charge in [-0.25, -0.2) is 0 Å². The number of allylic oxidation sites excluding steroid dienone is 2. The summed E-state index contributed by atoms with van der Waals surface area (Å²) in [4.78, 5) is 11.2. The molecule has 1 aliphatic carbocycles. The second-order valence-corrected chi connectivity index (χ2v) is 5.39. The van der Waals surface area contributed by atoms with Crippen LogP contribution in [-0.2, 0) is 4.79 Å². The smallest absolute Gasteiger partial charge is 0.217 e. The first kappa shape index (κ1) is 13.0. The Bertz CT molecular complexity index is 386. The highest BCUT2D eigenvalue weighted by Gasteiger charge is 2.33. The van der Waals surface area contributed by atoms with Gasteiger partial charge >= 0.3 is 0 Å². The summed E-state index contributed by atoms with van der Waals surface area (Å²) in [5.41, 5.74) is 5.17. The monoisotopic (exact) mass is 221 g/mol. The minimum absolute atomic E-state index is 0.0234. The number of carbonyl (C=O) groups excluding carboxylic acids is 1. The van der Waals surface area contributed by atoms with Crippen LogP contribution in [0.4, 0.5) is 0 Å². The predicted molar refractivity (Wildman–Crippen MR) is 68.1 cm³/mol. The molecule has 16 heavy (non-hydrogen) atoms. The van der Waals surface area contributed by atoms with Gasteiger partial charge < -0.3 is 5.32 Å².